The standard InChI is InChI=1S/C13H10O3.C13H8O2.4C2H6/c1-8(14)10-6-2-4-9-5-3-7-11(12(9)10)13(15)16;1-8-10-6-2-4-9-5-3-7-11(12(9)10)13(14)15-8;4*1-2/h2-7H,1H3,(H,15,16);2-7H,1H2;4*1-2H3. The first kappa shape index (κ1) is 34.8. The first-order valence-corrected chi connectivity index (χ1v) is 13.6. The number of Topliss-reactive ketones (excluding diaryl/α,β-unsaturated/α-hetero) is 1. The topological polar surface area (TPSA) is 84.6 Å². The highest BCUT2D eigenvalue weighted by atomic mass is 16.4. The van der Waals surface area contributed by atoms with Gasteiger partial charge in [0.1, 0.15) is 5.42 Å². The molecular formula is C34H42O5. The molecule has 5 aromatic rings. The molecule has 0 spiro atoms. The fraction of sp³-hybridized carbons (Fsp3) is 0.265. The van der Waals surface area contributed by atoms with E-state index < -0.39 is 5.97 Å². The predicted molar refractivity (Wildman–Crippen MR) is 167 cm³/mol. The number of hydrogen-bond donors (Lipinski definition) is 1. The third-order valence-corrected chi connectivity index (χ3v) is 5.16. The number of carboxylic acid groups (broad SMARTS) is 1. The number of fused-ring (bicyclic) bond motifs is 1. The van der Waals surface area contributed by atoms with Gasteiger partial charge in [-0.25, -0.2) is 9.59 Å². The molecule has 1 heterocycles. The van der Waals surface area contributed by atoms with Gasteiger partial charge in [0, 0.05) is 21.7 Å². The van der Waals surface area contributed by atoms with E-state index >= 15 is 0 Å². The average molecular weight is 531 g/mol. The van der Waals surface area contributed by atoms with Crippen LogP contribution in [0.4, 0.5) is 0 Å². The van der Waals surface area contributed by atoms with Crippen LogP contribution in [0.25, 0.3) is 38.9 Å². The lowest BCUT2D eigenvalue weighted by Crippen LogP contribution is -2.11. The molecule has 0 aliphatic carbocycles. The van der Waals surface area contributed by atoms with E-state index in [9.17, 15) is 14.4 Å². The molecule has 39 heavy (non-hydrogen) atoms. The molecule has 0 aliphatic heterocycles. The van der Waals surface area contributed by atoms with Crippen molar-refractivity contribution in [2.75, 3.05) is 0 Å². The van der Waals surface area contributed by atoms with Gasteiger partial charge in [0.15, 0.2) is 5.78 Å². The molecule has 0 atom stereocenters. The van der Waals surface area contributed by atoms with Crippen molar-refractivity contribution in [2.24, 2.45) is 0 Å². The highest BCUT2D eigenvalue weighted by Crippen LogP contribution is 2.24. The van der Waals surface area contributed by atoms with Crippen LogP contribution in [0.3, 0.4) is 0 Å². The highest BCUT2D eigenvalue weighted by molar-refractivity contribution is 6.14. The maximum absolute atomic E-state index is 11.6. The molecule has 0 unspecified atom stereocenters. The van der Waals surface area contributed by atoms with Gasteiger partial charge in [-0.3, -0.25) is 4.79 Å². The summed E-state index contributed by atoms with van der Waals surface area (Å²) >= 11 is 0. The van der Waals surface area contributed by atoms with Crippen LogP contribution in [0.15, 0.2) is 82.0 Å². The second kappa shape index (κ2) is 18.1. The zero-order chi connectivity index (χ0) is 30.1. The Balaban J connectivity index is 0.000000591. The number of hydrogen-bond acceptors (Lipinski definition) is 4. The number of benzene rings is 4. The van der Waals surface area contributed by atoms with E-state index in [1.807, 2.05) is 85.7 Å². The van der Waals surface area contributed by atoms with Crippen LogP contribution in [0.2, 0.25) is 0 Å². The van der Waals surface area contributed by atoms with Gasteiger partial charge < -0.3 is 9.52 Å². The van der Waals surface area contributed by atoms with Crippen LogP contribution in [-0.4, -0.2) is 16.9 Å². The average Bonchev–Trinajstić information content (AvgIpc) is 2.99. The molecule has 1 aromatic heterocycles. The number of carboxylic acids is 1. The molecule has 0 aliphatic rings. The van der Waals surface area contributed by atoms with E-state index in [-0.39, 0.29) is 17.0 Å². The molecule has 1 N–H and O–H groups in total. The number of ketones is 1. The van der Waals surface area contributed by atoms with Gasteiger partial charge in [0.05, 0.1) is 10.9 Å². The Kier molecular flexibility index (Phi) is 16.1. The minimum absolute atomic E-state index is 0.126. The van der Waals surface area contributed by atoms with Crippen molar-refractivity contribution in [1.29, 1.82) is 0 Å². The van der Waals surface area contributed by atoms with E-state index in [0.29, 0.717) is 21.8 Å². The summed E-state index contributed by atoms with van der Waals surface area (Å²) in [5.41, 5.74) is 0.743. The summed E-state index contributed by atoms with van der Waals surface area (Å²) < 4.78 is 5.07. The Bertz CT molecular complexity index is 1470. The Hall–Kier alpha value is -4.25. The van der Waals surface area contributed by atoms with Crippen molar-refractivity contribution in [3.05, 3.63) is 99.8 Å². The summed E-state index contributed by atoms with van der Waals surface area (Å²) in [5, 5.41) is 13.9. The van der Waals surface area contributed by atoms with Crippen LogP contribution >= 0.6 is 0 Å². The molecule has 0 radical (unpaired) electrons. The number of aromatic carboxylic acids is 1. The Morgan fingerprint density at radius 2 is 1.05 bits per heavy atom. The van der Waals surface area contributed by atoms with Gasteiger partial charge >= 0.3 is 11.6 Å². The zero-order valence-corrected chi connectivity index (χ0v) is 24.7. The monoisotopic (exact) mass is 530 g/mol. The van der Waals surface area contributed by atoms with E-state index in [0.717, 1.165) is 21.5 Å². The maximum atomic E-state index is 11.6. The molecule has 0 saturated carbocycles. The minimum Gasteiger partial charge on any atom is -0.478 e. The van der Waals surface area contributed by atoms with Crippen LogP contribution < -0.4 is 11.0 Å². The van der Waals surface area contributed by atoms with Gasteiger partial charge in [0.2, 0.25) is 0 Å². The summed E-state index contributed by atoms with van der Waals surface area (Å²) in [4.78, 5) is 34.1. The van der Waals surface area contributed by atoms with Crippen molar-refractivity contribution >= 4 is 50.6 Å². The van der Waals surface area contributed by atoms with Gasteiger partial charge in [-0.2, -0.15) is 0 Å². The van der Waals surface area contributed by atoms with Gasteiger partial charge in [0.25, 0.3) is 0 Å². The minimum atomic E-state index is -1.01. The normalized spacial score (nSPS) is 9.15. The Labute approximate surface area is 231 Å². The van der Waals surface area contributed by atoms with Crippen molar-refractivity contribution in [3.8, 4) is 0 Å². The smallest absolute Gasteiger partial charge is 0.344 e. The predicted octanol–water partition coefficient (Wildman–Crippen LogP) is 8.92. The SMILES string of the molecule is C=c1oc(=O)c2cccc3cccc1c32.CC.CC.CC.CC.CC(=O)c1cccc2cccc(C(=O)O)c12. The van der Waals surface area contributed by atoms with Crippen LogP contribution in [0.1, 0.15) is 83.0 Å². The maximum Gasteiger partial charge on any atom is 0.344 e. The van der Waals surface area contributed by atoms with E-state index in [4.69, 9.17) is 9.52 Å². The van der Waals surface area contributed by atoms with Crippen molar-refractivity contribution in [2.45, 2.75) is 62.3 Å². The molecule has 4 aromatic carbocycles. The molecule has 0 fully saturated rings. The molecule has 5 heteroatoms. The van der Waals surface area contributed by atoms with Crippen molar-refractivity contribution < 1.29 is 19.1 Å². The second-order valence-electron chi connectivity index (χ2n) is 7.09. The quantitative estimate of drug-likeness (QED) is 0.230. The van der Waals surface area contributed by atoms with Crippen LogP contribution in [0.5, 0.6) is 0 Å². The largest absolute Gasteiger partial charge is 0.478 e. The summed E-state index contributed by atoms with van der Waals surface area (Å²) in [6, 6.07) is 21.6. The molecule has 5 rings (SSSR count). The number of carbonyl (C=O) groups is 2. The molecule has 208 valence electrons. The highest BCUT2D eigenvalue weighted by Gasteiger charge is 2.13. The molecule has 0 amide bonds. The van der Waals surface area contributed by atoms with Gasteiger partial charge in [-0.15, -0.1) is 0 Å². The summed E-state index contributed by atoms with van der Waals surface area (Å²) in [6.07, 6.45) is 0. The Morgan fingerprint density at radius 1 is 0.641 bits per heavy atom. The van der Waals surface area contributed by atoms with Crippen LogP contribution in [-0.2, 0) is 0 Å². The van der Waals surface area contributed by atoms with Crippen molar-refractivity contribution in [1.82, 2.24) is 0 Å². The van der Waals surface area contributed by atoms with Crippen LogP contribution in [0, 0.1) is 0 Å². The summed E-state index contributed by atoms with van der Waals surface area (Å²) in [5.74, 6) is -1.14. The summed E-state index contributed by atoms with van der Waals surface area (Å²) in [6.45, 7) is 21.2. The molecule has 0 bridgehead atoms. The van der Waals surface area contributed by atoms with E-state index in [1.165, 1.54) is 13.0 Å². The Morgan fingerprint density at radius 3 is 1.51 bits per heavy atom. The van der Waals surface area contributed by atoms with E-state index in [2.05, 4.69) is 6.58 Å². The lowest BCUT2D eigenvalue weighted by Gasteiger charge is -2.06. The second-order valence-corrected chi connectivity index (χ2v) is 7.09. The molecular weight excluding hydrogens is 488 g/mol. The number of rotatable bonds is 2. The first-order valence-electron chi connectivity index (χ1n) is 13.6. The van der Waals surface area contributed by atoms with Gasteiger partial charge in [-0.1, -0.05) is 123 Å². The third-order valence-electron chi connectivity index (χ3n) is 5.16. The lowest BCUT2D eigenvalue weighted by molar-refractivity contribution is 0.0699. The molecule has 0 saturated heterocycles. The summed E-state index contributed by atoms with van der Waals surface area (Å²) in [7, 11) is 0. The first-order chi connectivity index (χ1) is 18.9. The number of carbonyl (C=O) groups excluding carboxylic acids is 1. The van der Waals surface area contributed by atoms with E-state index in [1.54, 1.807) is 36.4 Å². The molecule has 5 nitrogen and oxygen atoms in total. The fourth-order valence-electron chi connectivity index (χ4n) is 3.78. The zero-order valence-electron chi connectivity index (χ0n) is 24.7. The lowest BCUT2D eigenvalue weighted by atomic mass is 9.97. The third kappa shape index (κ3) is 8.37. The fourth-order valence-corrected chi connectivity index (χ4v) is 3.78. The van der Waals surface area contributed by atoms with Gasteiger partial charge in [-0.05, 0) is 29.8 Å². The van der Waals surface area contributed by atoms with Crippen molar-refractivity contribution in [3.63, 3.8) is 0 Å².